The van der Waals surface area contributed by atoms with Crippen molar-refractivity contribution in [3.8, 4) is 22.9 Å². The second-order valence-electron chi connectivity index (χ2n) is 8.77. The van der Waals surface area contributed by atoms with Gasteiger partial charge in [0.2, 0.25) is 0 Å². The molecule has 176 valence electrons. The molecular formula is C24H29ClN4O4. The van der Waals surface area contributed by atoms with E-state index >= 15 is 0 Å². The number of hydrogen-bond acceptors (Lipinski definition) is 6. The summed E-state index contributed by atoms with van der Waals surface area (Å²) in [5.41, 5.74) is 7.05. The van der Waals surface area contributed by atoms with Crippen LogP contribution in [0.1, 0.15) is 49.3 Å². The van der Waals surface area contributed by atoms with Crippen molar-refractivity contribution in [1.82, 2.24) is 9.88 Å². The molecule has 33 heavy (non-hydrogen) atoms. The number of carbonyl (C=O) groups excluding carboxylic acids is 2. The number of halogens is 1. The number of ether oxygens (including phenoxy) is 2. The van der Waals surface area contributed by atoms with Gasteiger partial charge in [-0.05, 0) is 24.5 Å². The molecule has 0 radical (unpaired) electrons. The van der Waals surface area contributed by atoms with E-state index in [2.05, 4.69) is 11.1 Å². The quantitative estimate of drug-likeness (QED) is 0.636. The summed E-state index contributed by atoms with van der Waals surface area (Å²) in [7, 11) is 3.28. The van der Waals surface area contributed by atoms with Crippen LogP contribution in [0.5, 0.6) is 5.75 Å². The minimum Gasteiger partial charge on any atom is -0.493 e. The van der Waals surface area contributed by atoms with Gasteiger partial charge in [-0.1, -0.05) is 38.4 Å². The standard InChI is InChI=1S/C24H29ClN4O4/c1-7-32-21-15(11-19(24(2,3)4)33-23(27)31)10-17(25)16(12-26)20(21)14-8-9-18(28-13-14)22(30)29(5)6/h8-10,13,19H,7,11H2,1-6H3,(H2,27,31). The maximum atomic E-state index is 12.2. The van der Waals surface area contributed by atoms with Crippen LogP contribution in [0.15, 0.2) is 24.4 Å². The number of rotatable bonds is 7. The van der Waals surface area contributed by atoms with Crippen LogP contribution in [0, 0.1) is 16.7 Å². The summed E-state index contributed by atoms with van der Waals surface area (Å²) >= 11 is 6.49. The molecule has 2 amide bonds. The molecule has 1 heterocycles. The third kappa shape index (κ3) is 6.14. The van der Waals surface area contributed by atoms with Crippen LogP contribution in [0.25, 0.3) is 11.1 Å². The number of aromatic nitrogens is 1. The SMILES string of the molecule is CCOc1c(CC(OC(N)=O)C(C)(C)C)cc(Cl)c(C#N)c1-c1ccc(C(=O)N(C)C)nc1. The third-order valence-electron chi connectivity index (χ3n) is 5.02. The minimum atomic E-state index is -0.877. The Hall–Kier alpha value is -3.31. The predicted molar refractivity (Wildman–Crippen MR) is 126 cm³/mol. The normalized spacial score (nSPS) is 11.9. The zero-order chi connectivity index (χ0) is 24.9. The molecule has 0 saturated carbocycles. The predicted octanol–water partition coefficient (Wildman–Crippen LogP) is 4.43. The van der Waals surface area contributed by atoms with E-state index in [9.17, 15) is 14.9 Å². The van der Waals surface area contributed by atoms with Crippen LogP contribution in [0.2, 0.25) is 5.02 Å². The van der Waals surface area contributed by atoms with Crippen LogP contribution < -0.4 is 10.5 Å². The highest BCUT2D eigenvalue weighted by atomic mass is 35.5. The van der Waals surface area contributed by atoms with Crippen LogP contribution in [-0.2, 0) is 11.2 Å². The number of hydrogen-bond donors (Lipinski definition) is 1. The Labute approximate surface area is 199 Å². The fourth-order valence-corrected chi connectivity index (χ4v) is 3.56. The molecule has 0 aliphatic heterocycles. The van der Waals surface area contributed by atoms with Gasteiger partial charge in [0, 0.05) is 43.4 Å². The van der Waals surface area contributed by atoms with Crippen molar-refractivity contribution in [2.45, 2.75) is 40.2 Å². The van der Waals surface area contributed by atoms with E-state index in [4.69, 9.17) is 26.8 Å². The van der Waals surface area contributed by atoms with Gasteiger partial charge in [-0.25, -0.2) is 4.79 Å². The topological polar surface area (TPSA) is 119 Å². The third-order valence-corrected chi connectivity index (χ3v) is 5.31. The number of nitrogens with zero attached hydrogens (tertiary/aromatic N) is 3. The van der Waals surface area contributed by atoms with E-state index in [0.717, 1.165) is 0 Å². The highest BCUT2D eigenvalue weighted by molar-refractivity contribution is 6.32. The lowest BCUT2D eigenvalue weighted by molar-refractivity contribution is 0.0370. The Balaban J connectivity index is 2.70. The van der Waals surface area contributed by atoms with E-state index in [1.165, 1.54) is 11.1 Å². The number of nitriles is 1. The van der Waals surface area contributed by atoms with Crippen LogP contribution in [0.4, 0.5) is 4.79 Å². The van der Waals surface area contributed by atoms with Crippen LogP contribution in [0.3, 0.4) is 0 Å². The van der Waals surface area contributed by atoms with E-state index < -0.39 is 17.6 Å². The number of nitrogens with two attached hydrogens (primary N) is 1. The lowest BCUT2D eigenvalue weighted by Gasteiger charge is -2.30. The molecule has 1 aromatic carbocycles. The van der Waals surface area contributed by atoms with Gasteiger partial charge in [-0.3, -0.25) is 9.78 Å². The first-order valence-corrected chi connectivity index (χ1v) is 10.8. The number of primary amides is 1. The maximum Gasteiger partial charge on any atom is 0.404 e. The van der Waals surface area contributed by atoms with Gasteiger partial charge < -0.3 is 20.1 Å². The smallest absolute Gasteiger partial charge is 0.404 e. The van der Waals surface area contributed by atoms with Gasteiger partial charge in [0.25, 0.3) is 5.91 Å². The Bertz CT molecular complexity index is 1070. The summed E-state index contributed by atoms with van der Waals surface area (Å²) in [5.74, 6) is 0.199. The molecule has 0 saturated heterocycles. The average Bonchev–Trinajstić information content (AvgIpc) is 2.73. The number of benzene rings is 1. The summed E-state index contributed by atoms with van der Waals surface area (Å²) in [6.45, 7) is 7.94. The number of pyridine rings is 1. The van der Waals surface area contributed by atoms with E-state index in [0.29, 0.717) is 29.0 Å². The molecule has 0 fully saturated rings. The first-order valence-electron chi connectivity index (χ1n) is 10.4. The van der Waals surface area contributed by atoms with Gasteiger partial charge in [0.05, 0.1) is 17.2 Å². The fourth-order valence-electron chi connectivity index (χ4n) is 3.29. The Morgan fingerprint density at radius 1 is 1.30 bits per heavy atom. The number of amides is 2. The zero-order valence-corrected chi connectivity index (χ0v) is 20.5. The van der Waals surface area contributed by atoms with Gasteiger partial charge in [0.15, 0.2) is 0 Å². The van der Waals surface area contributed by atoms with Crippen molar-refractivity contribution in [1.29, 1.82) is 5.26 Å². The molecule has 9 heteroatoms. The first-order chi connectivity index (χ1) is 15.4. The highest BCUT2D eigenvalue weighted by Crippen LogP contribution is 2.42. The van der Waals surface area contributed by atoms with E-state index in [1.807, 2.05) is 27.7 Å². The Morgan fingerprint density at radius 2 is 1.97 bits per heavy atom. The molecule has 0 aliphatic carbocycles. The summed E-state index contributed by atoms with van der Waals surface area (Å²) in [6, 6.07) is 7.07. The molecule has 1 aromatic heterocycles. The largest absolute Gasteiger partial charge is 0.493 e. The molecule has 0 spiro atoms. The van der Waals surface area contributed by atoms with Gasteiger partial charge in [0.1, 0.15) is 23.6 Å². The summed E-state index contributed by atoms with van der Waals surface area (Å²) < 4.78 is 11.3. The molecule has 2 rings (SSSR count). The molecule has 2 aromatic rings. The lowest BCUT2D eigenvalue weighted by atomic mass is 9.84. The zero-order valence-electron chi connectivity index (χ0n) is 19.7. The monoisotopic (exact) mass is 472 g/mol. The van der Waals surface area contributed by atoms with Crippen molar-refractivity contribution in [2.75, 3.05) is 20.7 Å². The molecule has 1 unspecified atom stereocenters. The molecule has 0 bridgehead atoms. The van der Waals surface area contributed by atoms with Crippen LogP contribution in [-0.4, -0.2) is 48.7 Å². The van der Waals surface area contributed by atoms with Crippen molar-refractivity contribution in [2.24, 2.45) is 11.1 Å². The second-order valence-corrected chi connectivity index (χ2v) is 9.18. The molecule has 1 atom stereocenters. The molecule has 2 N–H and O–H groups in total. The molecule has 8 nitrogen and oxygen atoms in total. The summed E-state index contributed by atoms with van der Waals surface area (Å²) in [6.07, 6.45) is 0.337. The van der Waals surface area contributed by atoms with E-state index in [1.54, 1.807) is 32.3 Å². The highest BCUT2D eigenvalue weighted by Gasteiger charge is 2.31. The van der Waals surface area contributed by atoms with Crippen molar-refractivity contribution < 1.29 is 19.1 Å². The maximum absolute atomic E-state index is 12.2. The lowest BCUT2D eigenvalue weighted by Crippen LogP contribution is -2.35. The van der Waals surface area contributed by atoms with Gasteiger partial charge in [-0.15, -0.1) is 0 Å². The first kappa shape index (κ1) is 25.9. The second kappa shape index (κ2) is 10.5. The minimum absolute atomic E-state index is 0.223. The van der Waals surface area contributed by atoms with Gasteiger partial charge in [-0.2, -0.15) is 5.26 Å². The van der Waals surface area contributed by atoms with Crippen LogP contribution >= 0.6 is 11.6 Å². The summed E-state index contributed by atoms with van der Waals surface area (Å²) in [4.78, 5) is 29.4. The molecule has 0 aliphatic rings. The van der Waals surface area contributed by atoms with Crippen molar-refractivity contribution in [3.05, 3.63) is 46.2 Å². The average molecular weight is 473 g/mol. The van der Waals surface area contributed by atoms with Crippen molar-refractivity contribution >= 4 is 23.6 Å². The Kier molecular flexibility index (Phi) is 8.29. The summed E-state index contributed by atoms with van der Waals surface area (Å²) in [5, 5.41) is 10.1. The molecular weight excluding hydrogens is 444 g/mol. The van der Waals surface area contributed by atoms with Gasteiger partial charge >= 0.3 is 6.09 Å². The fraction of sp³-hybridized carbons (Fsp3) is 0.417. The number of carbonyl (C=O) groups is 2. The Morgan fingerprint density at radius 3 is 2.42 bits per heavy atom. The van der Waals surface area contributed by atoms with E-state index in [-0.39, 0.29) is 28.6 Å². The van der Waals surface area contributed by atoms with Crippen molar-refractivity contribution in [3.63, 3.8) is 0 Å².